The van der Waals surface area contributed by atoms with Crippen molar-refractivity contribution >= 4 is 33.7 Å². The molecule has 2 aromatic heterocycles. The van der Waals surface area contributed by atoms with Crippen molar-refractivity contribution in [2.75, 3.05) is 11.9 Å². The summed E-state index contributed by atoms with van der Waals surface area (Å²) in [5.74, 6) is 0. The summed E-state index contributed by atoms with van der Waals surface area (Å²) in [6.07, 6.45) is 5.94. The van der Waals surface area contributed by atoms with Gasteiger partial charge in [-0.15, -0.1) is 22.7 Å². The summed E-state index contributed by atoms with van der Waals surface area (Å²) in [7, 11) is 0. The standard InChI is InChI=1S/C18H23N3OS2/c1-11-13-4-2-3-5-15(13)24-17(11)21-18(22)20-8-12-10-23-16-9-19-7-6-14(12)16/h10,19H,2-9H2,1H3,(H2,20,21,22). The van der Waals surface area contributed by atoms with E-state index in [4.69, 9.17) is 0 Å². The molecule has 2 amide bonds. The summed E-state index contributed by atoms with van der Waals surface area (Å²) in [6, 6.07) is -0.0921. The van der Waals surface area contributed by atoms with E-state index < -0.39 is 0 Å². The largest absolute Gasteiger partial charge is 0.334 e. The zero-order valence-corrected chi connectivity index (χ0v) is 15.6. The van der Waals surface area contributed by atoms with Crippen LogP contribution in [-0.4, -0.2) is 12.6 Å². The first-order valence-corrected chi connectivity index (χ1v) is 10.4. The quantitative estimate of drug-likeness (QED) is 0.775. The molecule has 0 spiro atoms. The summed E-state index contributed by atoms with van der Waals surface area (Å²) in [6.45, 7) is 4.75. The lowest BCUT2D eigenvalue weighted by Gasteiger charge is -2.14. The van der Waals surface area contributed by atoms with E-state index >= 15 is 0 Å². The van der Waals surface area contributed by atoms with E-state index in [2.05, 4.69) is 28.3 Å². The Bertz CT molecular complexity index is 763. The van der Waals surface area contributed by atoms with Gasteiger partial charge in [0.15, 0.2) is 0 Å². The number of amides is 2. The average Bonchev–Trinajstić information content (AvgIpc) is 3.15. The number of aryl methyl sites for hydroxylation is 1. The van der Waals surface area contributed by atoms with Crippen LogP contribution in [0, 0.1) is 6.92 Å². The molecule has 4 rings (SSSR count). The smallest absolute Gasteiger partial charge is 0.320 e. The Kier molecular flexibility index (Phi) is 4.61. The molecule has 3 heterocycles. The Hall–Kier alpha value is -1.37. The molecule has 0 radical (unpaired) electrons. The second-order valence-corrected chi connectivity index (χ2v) is 8.63. The van der Waals surface area contributed by atoms with E-state index in [0.29, 0.717) is 6.54 Å². The highest BCUT2D eigenvalue weighted by Gasteiger charge is 2.19. The van der Waals surface area contributed by atoms with Crippen molar-refractivity contribution < 1.29 is 4.79 Å². The van der Waals surface area contributed by atoms with Gasteiger partial charge in [-0.05, 0) is 73.2 Å². The number of urea groups is 1. The van der Waals surface area contributed by atoms with Gasteiger partial charge in [0.1, 0.15) is 0 Å². The molecule has 24 heavy (non-hydrogen) atoms. The number of hydrogen-bond donors (Lipinski definition) is 3. The molecule has 2 aromatic rings. The molecule has 0 bridgehead atoms. The molecule has 128 valence electrons. The van der Waals surface area contributed by atoms with Gasteiger partial charge in [-0.2, -0.15) is 0 Å². The zero-order valence-electron chi connectivity index (χ0n) is 14.0. The second-order valence-electron chi connectivity index (χ2n) is 6.56. The second kappa shape index (κ2) is 6.86. The van der Waals surface area contributed by atoms with Crippen molar-refractivity contribution in [1.29, 1.82) is 0 Å². The maximum atomic E-state index is 12.3. The number of fused-ring (bicyclic) bond motifs is 2. The normalized spacial score (nSPS) is 16.4. The molecule has 0 unspecified atom stereocenters. The Morgan fingerprint density at radius 1 is 1.21 bits per heavy atom. The zero-order chi connectivity index (χ0) is 16.5. The minimum atomic E-state index is -0.0921. The SMILES string of the molecule is Cc1c(NC(=O)NCc2csc3c2CCNC3)sc2c1CCCC2. The highest BCUT2D eigenvalue weighted by atomic mass is 32.1. The number of nitrogens with one attached hydrogen (secondary N) is 3. The third-order valence-corrected chi connectivity index (χ3v) is 7.39. The first-order chi connectivity index (χ1) is 11.7. The summed E-state index contributed by atoms with van der Waals surface area (Å²) < 4.78 is 0. The molecular formula is C18H23N3OS2. The van der Waals surface area contributed by atoms with Crippen LogP contribution in [0.1, 0.15) is 44.8 Å². The molecule has 0 aromatic carbocycles. The van der Waals surface area contributed by atoms with E-state index in [1.807, 2.05) is 0 Å². The molecule has 0 fully saturated rings. The fourth-order valence-corrected chi connectivity index (χ4v) is 6.00. The van der Waals surface area contributed by atoms with Gasteiger partial charge in [0.2, 0.25) is 0 Å². The van der Waals surface area contributed by atoms with Gasteiger partial charge < -0.3 is 10.6 Å². The monoisotopic (exact) mass is 361 g/mol. The first kappa shape index (κ1) is 16.1. The minimum Gasteiger partial charge on any atom is -0.334 e. The van der Waals surface area contributed by atoms with Crippen LogP contribution in [0.25, 0.3) is 0 Å². The van der Waals surface area contributed by atoms with Crippen molar-refractivity contribution in [2.45, 2.75) is 52.1 Å². The molecular weight excluding hydrogens is 338 g/mol. The van der Waals surface area contributed by atoms with Crippen LogP contribution in [-0.2, 0) is 32.4 Å². The van der Waals surface area contributed by atoms with Gasteiger partial charge in [-0.3, -0.25) is 5.32 Å². The van der Waals surface area contributed by atoms with Crippen molar-refractivity contribution in [1.82, 2.24) is 10.6 Å². The number of hydrogen-bond acceptors (Lipinski definition) is 4. The van der Waals surface area contributed by atoms with Crippen LogP contribution in [0.2, 0.25) is 0 Å². The first-order valence-electron chi connectivity index (χ1n) is 8.67. The lowest BCUT2D eigenvalue weighted by molar-refractivity contribution is 0.252. The predicted molar refractivity (Wildman–Crippen MR) is 101 cm³/mol. The van der Waals surface area contributed by atoms with E-state index in [9.17, 15) is 4.79 Å². The van der Waals surface area contributed by atoms with Crippen molar-refractivity contribution in [2.24, 2.45) is 0 Å². The topological polar surface area (TPSA) is 53.2 Å². The Morgan fingerprint density at radius 2 is 2.08 bits per heavy atom. The Balaban J connectivity index is 1.39. The van der Waals surface area contributed by atoms with Crippen molar-refractivity contribution in [3.63, 3.8) is 0 Å². The lowest BCUT2D eigenvalue weighted by atomic mass is 9.96. The Morgan fingerprint density at radius 3 is 2.96 bits per heavy atom. The third-order valence-electron chi connectivity index (χ3n) is 5.01. The molecule has 6 heteroatoms. The van der Waals surface area contributed by atoms with E-state index in [1.165, 1.54) is 51.3 Å². The number of anilines is 1. The molecule has 0 atom stereocenters. The van der Waals surface area contributed by atoms with Gasteiger partial charge in [-0.1, -0.05) is 0 Å². The molecule has 4 nitrogen and oxygen atoms in total. The lowest BCUT2D eigenvalue weighted by Crippen LogP contribution is -2.29. The van der Waals surface area contributed by atoms with Gasteiger partial charge in [-0.25, -0.2) is 4.79 Å². The Labute approximate surface area is 150 Å². The van der Waals surface area contributed by atoms with Gasteiger partial charge in [0.05, 0.1) is 5.00 Å². The highest BCUT2D eigenvalue weighted by Crippen LogP contribution is 2.37. The molecule has 1 aliphatic carbocycles. The highest BCUT2D eigenvalue weighted by molar-refractivity contribution is 7.16. The van der Waals surface area contributed by atoms with Crippen molar-refractivity contribution in [3.8, 4) is 0 Å². The number of carbonyl (C=O) groups excluding carboxylic acids is 1. The van der Waals surface area contributed by atoms with Crippen LogP contribution >= 0.6 is 22.7 Å². The average molecular weight is 362 g/mol. The van der Waals surface area contributed by atoms with Crippen LogP contribution in [0.4, 0.5) is 9.80 Å². The predicted octanol–water partition coefficient (Wildman–Crippen LogP) is 3.96. The van der Waals surface area contributed by atoms with Crippen molar-refractivity contribution in [3.05, 3.63) is 37.4 Å². The van der Waals surface area contributed by atoms with Crippen LogP contribution < -0.4 is 16.0 Å². The summed E-state index contributed by atoms with van der Waals surface area (Å²) in [5.41, 5.74) is 5.44. The number of rotatable bonds is 3. The van der Waals surface area contributed by atoms with E-state index in [1.54, 1.807) is 22.7 Å². The molecule has 0 saturated heterocycles. The summed E-state index contributed by atoms with van der Waals surface area (Å²) in [5, 5.41) is 12.7. The number of carbonyl (C=O) groups is 1. The van der Waals surface area contributed by atoms with E-state index in [-0.39, 0.29) is 6.03 Å². The van der Waals surface area contributed by atoms with Gasteiger partial charge in [0.25, 0.3) is 0 Å². The maximum Gasteiger partial charge on any atom is 0.320 e. The molecule has 3 N–H and O–H groups in total. The van der Waals surface area contributed by atoms with Crippen LogP contribution in [0.3, 0.4) is 0 Å². The molecule has 1 aliphatic heterocycles. The van der Waals surface area contributed by atoms with E-state index in [0.717, 1.165) is 30.9 Å². The molecule has 2 aliphatic rings. The van der Waals surface area contributed by atoms with Crippen LogP contribution in [0.5, 0.6) is 0 Å². The fraction of sp³-hybridized carbons (Fsp3) is 0.500. The number of thiophene rings is 2. The maximum absolute atomic E-state index is 12.3. The third kappa shape index (κ3) is 3.10. The van der Waals surface area contributed by atoms with Crippen LogP contribution in [0.15, 0.2) is 5.38 Å². The fourth-order valence-electron chi connectivity index (χ4n) is 3.64. The minimum absolute atomic E-state index is 0.0921. The summed E-state index contributed by atoms with van der Waals surface area (Å²) >= 11 is 3.55. The van der Waals surface area contributed by atoms with Gasteiger partial charge in [0, 0.05) is 22.8 Å². The van der Waals surface area contributed by atoms with Gasteiger partial charge >= 0.3 is 6.03 Å². The summed E-state index contributed by atoms with van der Waals surface area (Å²) in [4.78, 5) is 15.2. The molecule has 0 saturated carbocycles.